The molecule has 5 rings (SSSR count). The minimum absolute atomic E-state index is 0.0204. The molecule has 46 heavy (non-hydrogen) atoms. The molecule has 260 valence electrons. The van der Waals surface area contributed by atoms with Gasteiger partial charge >= 0.3 is 12.3 Å². The van der Waals surface area contributed by atoms with Crippen molar-refractivity contribution in [3.05, 3.63) is 17.8 Å². The number of aliphatic hydroxyl groups excluding tert-OH is 1. The molecule has 0 radical (unpaired) electrons. The van der Waals surface area contributed by atoms with Crippen molar-refractivity contribution in [3.8, 4) is 0 Å². The van der Waals surface area contributed by atoms with Crippen LogP contribution in [0.4, 0.5) is 23.8 Å². The summed E-state index contributed by atoms with van der Waals surface area (Å²) in [4.78, 5) is 23.2. The van der Waals surface area contributed by atoms with Gasteiger partial charge in [0.2, 0.25) is 0 Å². The van der Waals surface area contributed by atoms with Crippen molar-refractivity contribution in [2.75, 3.05) is 26.4 Å². The van der Waals surface area contributed by atoms with Crippen LogP contribution in [0, 0.1) is 11.3 Å². The summed E-state index contributed by atoms with van der Waals surface area (Å²) < 4.78 is 53.8. The summed E-state index contributed by atoms with van der Waals surface area (Å²) in [7, 11) is -1.21. The molecule has 0 spiro atoms. The Hall–Kier alpha value is -1.93. The second-order valence-corrected chi connectivity index (χ2v) is 22.0. The number of halogens is 3. The number of carbonyl (C=O) groups is 1. The highest BCUT2D eigenvalue weighted by Gasteiger charge is 2.56. The number of aliphatic imine (C=N–C) groups is 1. The van der Waals surface area contributed by atoms with Crippen LogP contribution in [0.1, 0.15) is 77.8 Å². The maximum Gasteiger partial charge on any atom is 0.410 e. The lowest BCUT2D eigenvalue weighted by atomic mass is 9.72. The Balaban J connectivity index is 1.31. The zero-order chi connectivity index (χ0) is 33.7. The SMILES string of the molecule is CC(C)(C)OC(=O)N(CC1CCC(N2CN(C3CC3)C(O)C3(C)C=Nc4c(ccn4COCC[Si](C)(C)C)C23)CC1)CC(F)(F)F. The molecule has 9 nitrogen and oxygen atoms in total. The predicted molar refractivity (Wildman–Crippen MR) is 175 cm³/mol. The van der Waals surface area contributed by atoms with E-state index in [2.05, 4.69) is 47.0 Å². The maximum atomic E-state index is 13.4. The number of amides is 1. The zero-order valence-corrected chi connectivity index (χ0v) is 29.6. The molecule has 0 bridgehead atoms. The average Bonchev–Trinajstić information content (AvgIpc) is 3.69. The van der Waals surface area contributed by atoms with E-state index in [-0.39, 0.29) is 24.5 Å². The van der Waals surface area contributed by atoms with E-state index < -0.39 is 44.1 Å². The van der Waals surface area contributed by atoms with Crippen molar-refractivity contribution < 1.29 is 32.5 Å². The Morgan fingerprint density at radius 3 is 2.30 bits per heavy atom. The summed E-state index contributed by atoms with van der Waals surface area (Å²) in [5.74, 6) is 0.812. The van der Waals surface area contributed by atoms with E-state index in [1.165, 1.54) is 0 Å². The van der Waals surface area contributed by atoms with Crippen LogP contribution in [-0.4, -0.2) is 101 Å². The number of fused-ring (bicyclic) bond motifs is 3. The maximum absolute atomic E-state index is 13.4. The Morgan fingerprint density at radius 1 is 1.09 bits per heavy atom. The minimum Gasteiger partial charge on any atom is -0.444 e. The third-order valence-corrected chi connectivity index (χ3v) is 11.6. The molecule has 0 aromatic carbocycles. The van der Waals surface area contributed by atoms with Crippen molar-refractivity contribution in [3.63, 3.8) is 0 Å². The van der Waals surface area contributed by atoms with Gasteiger partial charge in [-0.1, -0.05) is 19.6 Å². The molecule has 2 saturated carbocycles. The van der Waals surface area contributed by atoms with Crippen molar-refractivity contribution >= 4 is 26.2 Å². The lowest BCUT2D eigenvalue weighted by Crippen LogP contribution is -2.65. The van der Waals surface area contributed by atoms with Gasteiger partial charge in [0, 0.05) is 51.3 Å². The Bertz CT molecular complexity index is 1250. The number of aromatic nitrogens is 1. The van der Waals surface area contributed by atoms with E-state index in [1.807, 2.05) is 12.4 Å². The number of nitrogens with zero attached hydrogens (tertiary/aromatic N) is 5. The average molecular weight is 670 g/mol. The molecule has 1 N–H and O–H groups in total. The predicted octanol–water partition coefficient (Wildman–Crippen LogP) is 6.98. The molecule has 3 fully saturated rings. The van der Waals surface area contributed by atoms with Crippen molar-refractivity contribution in [1.82, 2.24) is 19.3 Å². The highest BCUT2D eigenvalue weighted by atomic mass is 28.3. The summed E-state index contributed by atoms with van der Waals surface area (Å²) in [6.45, 7) is 14.6. The van der Waals surface area contributed by atoms with Crippen LogP contribution >= 0.6 is 0 Å². The van der Waals surface area contributed by atoms with E-state index in [4.69, 9.17) is 14.5 Å². The monoisotopic (exact) mass is 669 g/mol. The second-order valence-electron chi connectivity index (χ2n) is 16.4. The van der Waals surface area contributed by atoms with Gasteiger partial charge in [-0.05, 0) is 84.2 Å². The van der Waals surface area contributed by atoms with E-state index in [1.54, 1.807) is 20.8 Å². The van der Waals surface area contributed by atoms with Gasteiger partial charge in [0.05, 0.1) is 18.1 Å². The Labute approximate surface area is 273 Å². The van der Waals surface area contributed by atoms with Gasteiger partial charge in [-0.3, -0.25) is 14.7 Å². The van der Waals surface area contributed by atoms with Gasteiger partial charge in [0.15, 0.2) is 0 Å². The van der Waals surface area contributed by atoms with Gasteiger partial charge in [0.1, 0.15) is 30.9 Å². The molecular formula is C33H54F3N5O4Si. The standard InChI is InChI=1S/C33H54F3N5O4Si/c1-31(2,3)45-30(43)39(20-33(34,35)36)18-23-8-10-24(11-9-23)40-21-41(25-12-13-25)29(42)32(4)19-37-28-26(27(32)40)14-15-38(28)22-44-16-17-46(5,6)7/h14-15,19,23-25,27,29,42H,8-13,16-18,20-22H2,1-7H3. The first kappa shape index (κ1) is 35.4. The van der Waals surface area contributed by atoms with E-state index in [0.717, 1.165) is 48.0 Å². The van der Waals surface area contributed by atoms with Gasteiger partial charge in [-0.25, -0.2) is 9.79 Å². The van der Waals surface area contributed by atoms with Crippen LogP contribution in [-0.2, 0) is 16.2 Å². The Morgan fingerprint density at radius 2 is 1.72 bits per heavy atom. The third-order valence-electron chi connectivity index (χ3n) is 9.87. The lowest BCUT2D eigenvalue weighted by molar-refractivity contribution is -0.175. The molecule has 2 aliphatic carbocycles. The molecule has 13 heteroatoms. The van der Waals surface area contributed by atoms with Crippen LogP contribution < -0.4 is 0 Å². The molecule has 1 saturated heterocycles. The summed E-state index contributed by atoms with van der Waals surface area (Å²) in [6.07, 6.45) is 3.01. The molecule has 3 atom stereocenters. The first-order valence-electron chi connectivity index (χ1n) is 16.9. The number of alkyl halides is 3. The summed E-state index contributed by atoms with van der Waals surface area (Å²) in [5.41, 5.74) is -0.425. The fraction of sp³-hybridized carbons (Fsp3) is 0.818. The van der Waals surface area contributed by atoms with Crippen molar-refractivity contribution in [1.29, 1.82) is 0 Å². The molecule has 1 aromatic heterocycles. The van der Waals surface area contributed by atoms with Gasteiger partial charge in [0.25, 0.3) is 0 Å². The van der Waals surface area contributed by atoms with Crippen LogP contribution in [0.25, 0.3) is 0 Å². The number of aliphatic hydroxyl groups is 1. The number of ether oxygens (including phenoxy) is 2. The topological polar surface area (TPSA) is 82.8 Å². The van der Waals surface area contributed by atoms with Crippen LogP contribution in [0.5, 0.6) is 0 Å². The largest absolute Gasteiger partial charge is 0.444 e. The van der Waals surface area contributed by atoms with Gasteiger partial charge in [-0.15, -0.1) is 0 Å². The van der Waals surface area contributed by atoms with Gasteiger partial charge < -0.3 is 19.1 Å². The van der Waals surface area contributed by atoms with E-state index in [9.17, 15) is 23.1 Å². The molecular weight excluding hydrogens is 615 g/mol. The smallest absolute Gasteiger partial charge is 0.410 e. The van der Waals surface area contributed by atoms with E-state index in [0.29, 0.717) is 38.9 Å². The Kier molecular flexibility index (Phi) is 10.1. The van der Waals surface area contributed by atoms with Gasteiger partial charge in [-0.2, -0.15) is 13.2 Å². The normalized spacial score (nSPS) is 29.4. The second kappa shape index (κ2) is 13.2. The number of hydrogen-bond donors (Lipinski definition) is 1. The van der Waals surface area contributed by atoms with Crippen LogP contribution in [0.3, 0.4) is 0 Å². The summed E-state index contributed by atoms with van der Waals surface area (Å²) in [5, 5.41) is 11.7. The molecule has 3 heterocycles. The highest BCUT2D eigenvalue weighted by molar-refractivity contribution is 6.76. The molecule has 2 aliphatic heterocycles. The zero-order valence-electron chi connectivity index (χ0n) is 28.6. The highest BCUT2D eigenvalue weighted by Crippen LogP contribution is 2.54. The van der Waals surface area contributed by atoms with Crippen molar-refractivity contribution in [2.24, 2.45) is 16.3 Å². The third kappa shape index (κ3) is 8.37. The fourth-order valence-electron chi connectivity index (χ4n) is 7.31. The number of hydrogen-bond acceptors (Lipinski definition) is 7. The lowest BCUT2D eigenvalue weighted by Gasteiger charge is -2.57. The van der Waals surface area contributed by atoms with Crippen molar-refractivity contribution in [2.45, 2.75) is 135 Å². The fourth-order valence-corrected chi connectivity index (χ4v) is 8.06. The number of rotatable bonds is 10. The first-order chi connectivity index (χ1) is 21.3. The van der Waals surface area contributed by atoms with Crippen LogP contribution in [0.15, 0.2) is 17.3 Å². The first-order valence-corrected chi connectivity index (χ1v) is 20.6. The molecule has 1 aromatic rings. The molecule has 4 aliphatic rings. The number of carbonyl (C=O) groups excluding carboxylic acids is 1. The summed E-state index contributed by atoms with van der Waals surface area (Å²) >= 11 is 0. The molecule has 3 unspecified atom stereocenters. The summed E-state index contributed by atoms with van der Waals surface area (Å²) in [6, 6.07) is 3.63. The molecule has 1 amide bonds. The minimum atomic E-state index is -4.50. The quantitative estimate of drug-likeness (QED) is 0.214. The van der Waals surface area contributed by atoms with Crippen LogP contribution in [0.2, 0.25) is 25.7 Å². The van der Waals surface area contributed by atoms with E-state index >= 15 is 0 Å².